The van der Waals surface area contributed by atoms with Gasteiger partial charge in [-0.25, -0.2) is 22.8 Å². The van der Waals surface area contributed by atoms with Gasteiger partial charge in [0.25, 0.3) is 0 Å². The predicted octanol–water partition coefficient (Wildman–Crippen LogP) is 24.3. The van der Waals surface area contributed by atoms with Crippen LogP contribution >= 0.6 is 0 Å². The molecule has 5 heterocycles. The summed E-state index contributed by atoms with van der Waals surface area (Å²) in [5.41, 5.74) is 46.1. The molecule has 5 aromatic heterocycles. The number of aromatic nitrogens is 5. The molecule has 0 N–H and O–H groups in total. The van der Waals surface area contributed by atoms with Crippen molar-refractivity contribution in [2.24, 2.45) is 35.2 Å². The number of hydrogen-bond acceptors (Lipinski definition) is 0. The molecule has 576 valence electrons. The first-order valence-electron chi connectivity index (χ1n) is 43.1. The molecular weight excluding hydrogens is 1400 g/mol. The summed E-state index contributed by atoms with van der Waals surface area (Å²) < 4.78 is 43.7. The summed E-state index contributed by atoms with van der Waals surface area (Å²) in [5.74, 6) is 0. The van der Waals surface area contributed by atoms with E-state index in [-0.39, 0.29) is 27.1 Å². The lowest BCUT2D eigenvalue weighted by atomic mass is 9.81. The molecule has 10 aromatic carbocycles. The third-order valence-electron chi connectivity index (χ3n) is 26.3. The molecule has 0 saturated heterocycles. The van der Waals surface area contributed by atoms with Crippen LogP contribution in [0.4, 0.5) is 0 Å². The molecule has 0 saturated carbocycles. The van der Waals surface area contributed by atoms with Crippen molar-refractivity contribution in [1.82, 2.24) is 0 Å². The van der Waals surface area contributed by atoms with Crippen LogP contribution in [0.2, 0.25) is 0 Å². The maximum atomic E-state index is 8.42. The summed E-state index contributed by atoms with van der Waals surface area (Å²) in [7, 11) is 10.5. The number of rotatable bonds is 5. The van der Waals surface area contributed by atoms with Gasteiger partial charge in [-0.3, -0.25) is 0 Å². The Morgan fingerprint density at radius 2 is 0.474 bits per heavy atom. The van der Waals surface area contributed by atoms with E-state index in [1.165, 1.54) is 190 Å². The van der Waals surface area contributed by atoms with Crippen molar-refractivity contribution in [2.75, 3.05) is 0 Å². The predicted molar refractivity (Wildman–Crippen MR) is 482 cm³/mol. The van der Waals surface area contributed by atoms with Crippen LogP contribution in [0.5, 0.6) is 0 Å². The van der Waals surface area contributed by atoms with Crippen molar-refractivity contribution in [2.45, 2.75) is 138 Å². The van der Waals surface area contributed by atoms with E-state index in [0.717, 1.165) is 11.1 Å². The summed E-state index contributed by atoms with van der Waals surface area (Å²) in [6, 6.07) is 88.2. The van der Waals surface area contributed by atoms with E-state index in [9.17, 15) is 0 Å². The summed E-state index contributed by atoms with van der Waals surface area (Å²) in [6.45, 7) is 36.0. The van der Waals surface area contributed by atoms with E-state index < -0.39 is 0 Å². The van der Waals surface area contributed by atoms with Gasteiger partial charge in [0.15, 0.2) is 31.0 Å². The molecule has 20 rings (SSSR count). The number of benzene rings is 10. The standard InChI is InChI=1S/C23H24N.4C22H22N/c1-15-9-8-10-19-22(15)18-14-17(21-11-6-7-12-24(21)5)16(2)13-20(18)23(19,3)4;4*1-15-13-20-18(14-17(15)21-11-7-8-12-23(21)4)16-9-5-6-10-19(16)22(20,2)3/h6-14H,1-5H3;4*5-14H,1-4H3/q5*+1/i;10D;9D;6D;5D. The van der Waals surface area contributed by atoms with Crippen molar-refractivity contribution >= 4 is 0 Å². The van der Waals surface area contributed by atoms with E-state index >= 15 is 0 Å². The molecule has 5 aliphatic carbocycles. The monoisotopic (exact) mass is 1520 g/mol. The molecule has 0 radical (unpaired) electrons. The highest BCUT2D eigenvalue weighted by Crippen LogP contribution is 2.56. The minimum Gasteiger partial charge on any atom is -0.201 e. The highest BCUT2D eigenvalue weighted by molar-refractivity contribution is 5.90. The Balaban J connectivity index is 0.000000112. The van der Waals surface area contributed by atoms with E-state index in [1.54, 1.807) is 0 Å². The number of hydrogen-bond donors (Lipinski definition) is 0. The second-order valence-electron chi connectivity index (χ2n) is 35.5. The van der Waals surface area contributed by atoms with Crippen LogP contribution in [0.25, 0.3) is 112 Å². The van der Waals surface area contributed by atoms with Crippen molar-refractivity contribution in [1.29, 1.82) is 0 Å². The zero-order valence-corrected chi connectivity index (χ0v) is 71.7. The summed E-state index contributed by atoms with van der Waals surface area (Å²) in [6.07, 6.45) is 10.5. The lowest BCUT2D eigenvalue weighted by Gasteiger charge is -2.22. The second kappa shape index (κ2) is 29.7. The average molecular weight is 1520 g/mol. The van der Waals surface area contributed by atoms with E-state index in [2.05, 4.69) is 388 Å². The highest BCUT2D eigenvalue weighted by atomic mass is 14.9. The summed E-state index contributed by atoms with van der Waals surface area (Å²) >= 11 is 0. The van der Waals surface area contributed by atoms with Gasteiger partial charge in [-0.15, -0.1) is 0 Å². The molecule has 0 bridgehead atoms. The van der Waals surface area contributed by atoms with Crippen molar-refractivity contribution in [3.05, 3.63) is 387 Å². The quantitative estimate of drug-likeness (QED) is 0.153. The van der Waals surface area contributed by atoms with Crippen LogP contribution in [0.3, 0.4) is 0 Å². The van der Waals surface area contributed by atoms with Gasteiger partial charge in [0.05, 0.1) is 5.48 Å². The smallest absolute Gasteiger partial charge is 0.201 e. The Hall–Kier alpha value is -12.1. The van der Waals surface area contributed by atoms with Gasteiger partial charge in [-0.2, -0.15) is 0 Å². The molecule has 5 aliphatic rings. The van der Waals surface area contributed by atoms with Gasteiger partial charge in [0.2, 0.25) is 28.5 Å². The molecule has 5 heteroatoms. The molecule has 5 nitrogen and oxygen atoms in total. The first kappa shape index (κ1) is 72.9. The largest absolute Gasteiger partial charge is 0.212 e. The van der Waals surface area contributed by atoms with Crippen LogP contribution in [0.1, 0.15) is 164 Å². The van der Waals surface area contributed by atoms with Crippen molar-refractivity contribution < 1.29 is 28.3 Å². The zero-order chi connectivity index (χ0) is 85.3. The molecular formula is C111H112N5+5. The first-order valence-corrected chi connectivity index (χ1v) is 41.1. The molecule has 116 heavy (non-hydrogen) atoms. The topological polar surface area (TPSA) is 19.4 Å². The zero-order valence-electron chi connectivity index (χ0n) is 75.7. The number of aryl methyl sites for hydroxylation is 11. The van der Waals surface area contributed by atoms with Gasteiger partial charge in [0, 0.05) is 116 Å². The van der Waals surface area contributed by atoms with Crippen LogP contribution in [-0.4, -0.2) is 0 Å². The number of fused-ring (bicyclic) bond motifs is 15. The van der Waals surface area contributed by atoms with Crippen LogP contribution in [0.15, 0.2) is 298 Å². The second-order valence-corrected chi connectivity index (χ2v) is 35.5. The Labute approximate surface area is 695 Å². The Bertz CT molecular complexity index is 6480. The van der Waals surface area contributed by atoms with Crippen LogP contribution in [-0.2, 0) is 62.3 Å². The van der Waals surface area contributed by atoms with Gasteiger partial charge in [0.1, 0.15) is 35.2 Å². The lowest BCUT2D eigenvalue weighted by Crippen LogP contribution is -2.30. The minimum absolute atomic E-state index is 0.0134. The fourth-order valence-electron chi connectivity index (χ4n) is 19.6. The van der Waals surface area contributed by atoms with Crippen molar-refractivity contribution in [3.8, 4) is 112 Å². The highest BCUT2D eigenvalue weighted by Gasteiger charge is 2.42. The van der Waals surface area contributed by atoms with E-state index in [0.29, 0.717) is 24.2 Å². The molecule has 0 fully saturated rings. The summed E-state index contributed by atoms with van der Waals surface area (Å²) in [4.78, 5) is 0. The van der Waals surface area contributed by atoms with E-state index in [1.807, 2.05) is 54.6 Å². The molecule has 0 unspecified atom stereocenters. The summed E-state index contributed by atoms with van der Waals surface area (Å²) in [5, 5.41) is 0. The molecule has 0 spiro atoms. The third kappa shape index (κ3) is 13.2. The number of nitrogens with zero attached hydrogens (tertiary/aromatic N) is 5. The SMILES string of the molecule is Cc1cc2c(cc1-c1cccc[n+]1C)-c1c(C)cccc1C2(C)C.[2H]c1ccc2c(c1)-c1cc(-c3cccc[n+]3C)c(C)cc1C2(C)C.[2H]c1ccc2c(c1)C(C)(C)c1cc(C)c(-c3cccc[n+]3C)cc1-2.[2H]c1cccc2c1-c1cc(-c3cccc[n+]3C)c(C)cc1C2(C)C.[2H]c1cccc2c1C(C)(C)c1cc(C)c(-c3cccc[n+]3C)cc1-2. The maximum Gasteiger partial charge on any atom is 0.212 e. The van der Waals surface area contributed by atoms with Crippen LogP contribution in [0, 0.1) is 41.5 Å². The Morgan fingerprint density at radius 1 is 0.198 bits per heavy atom. The Morgan fingerprint density at radius 3 is 0.888 bits per heavy atom. The van der Waals surface area contributed by atoms with Gasteiger partial charge >= 0.3 is 0 Å². The molecule has 0 atom stereocenters. The third-order valence-corrected chi connectivity index (χ3v) is 26.3. The minimum atomic E-state index is -0.120. The van der Waals surface area contributed by atoms with Crippen LogP contribution < -0.4 is 22.8 Å². The first-order chi connectivity index (χ1) is 57.0. The normalized spacial score (nSPS) is 14.9. The van der Waals surface area contributed by atoms with Gasteiger partial charge < -0.3 is 0 Å². The average Bonchev–Trinajstić information content (AvgIpc) is 1.59. The molecule has 0 amide bonds. The van der Waals surface area contributed by atoms with Gasteiger partial charge in [-0.1, -0.05) is 215 Å². The Kier molecular flexibility index (Phi) is 18.6. The van der Waals surface area contributed by atoms with E-state index in [4.69, 9.17) is 5.48 Å². The lowest BCUT2D eigenvalue weighted by molar-refractivity contribution is -0.660. The maximum absolute atomic E-state index is 8.42. The van der Waals surface area contributed by atoms with Crippen molar-refractivity contribution in [3.63, 3.8) is 0 Å². The molecule has 0 aliphatic heterocycles. The fourth-order valence-corrected chi connectivity index (χ4v) is 19.6. The van der Waals surface area contributed by atoms with Gasteiger partial charge in [-0.05, 0) is 247 Å². The fraction of sp³-hybridized carbons (Fsp3) is 0.234. The molecule has 15 aromatic rings. The number of pyridine rings is 5.